The molecule has 2 rings (SSSR count). The molecule has 2 atom stereocenters. The lowest BCUT2D eigenvalue weighted by atomic mass is 10.1. The van der Waals surface area contributed by atoms with Gasteiger partial charge in [0, 0.05) is 31.7 Å². The van der Waals surface area contributed by atoms with Gasteiger partial charge in [-0.05, 0) is 37.8 Å². The third kappa shape index (κ3) is 6.50. The van der Waals surface area contributed by atoms with Gasteiger partial charge in [0.05, 0.1) is 11.6 Å². The number of alkyl halides is 3. The van der Waals surface area contributed by atoms with Crippen LogP contribution in [0.1, 0.15) is 45.2 Å². The zero-order valence-electron chi connectivity index (χ0n) is 16.4. The van der Waals surface area contributed by atoms with Crippen LogP contribution >= 0.6 is 0 Å². The largest absolute Gasteiger partial charge is 0.416 e. The molecule has 1 heterocycles. The second-order valence-electron chi connectivity index (χ2n) is 8.04. The summed E-state index contributed by atoms with van der Waals surface area (Å²) in [6.45, 7) is 9.97. The van der Waals surface area contributed by atoms with E-state index in [0.29, 0.717) is 31.0 Å². The van der Waals surface area contributed by atoms with E-state index in [1.165, 1.54) is 12.1 Å². The monoisotopic (exact) mass is 385 g/mol. The fraction of sp³-hybridized carbons (Fsp3) is 0.650. The van der Waals surface area contributed by atoms with Crippen LogP contribution < -0.4 is 10.6 Å². The standard InChI is InChI=1S/C20H30F3N3O/c1-13(2)11-26-12-17(9-18(26)19(27)25-14(3)4)24-10-15-6-5-7-16(8-15)20(21,22)23/h5-8,13-14,17-18,24H,9-12H2,1-4H3,(H,25,27)/t17-,18+/m1/s1. The Morgan fingerprint density at radius 3 is 2.56 bits per heavy atom. The number of carbonyl (C=O) groups is 1. The van der Waals surface area contributed by atoms with Crippen LogP contribution in [0.5, 0.6) is 0 Å². The number of nitrogens with one attached hydrogen (secondary N) is 2. The Morgan fingerprint density at radius 2 is 1.96 bits per heavy atom. The molecule has 2 N–H and O–H groups in total. The van der Waals surface area contributed by atoms with Crippen molar-refractivity contribution in [1.82, 2.24) is 15.5 Å². The molecule has 0 aliphatic carbocycles. The SMILES string of the molecule is CC(C)CN1C[C@H](NCc2cccc(C(F)(F)F)c2)C[C@H]1C(=O)NC(C)C. The first-order valence-corrected chi connectivity index (χ1v) is 9.50. The van der Waals surface area contributed by atoms with E-state index >= 15 is 0 Å². The smallest absolute Gasteiger partial charge is 0.353 e. The summed E-state index contributed by atoms with van der Waals surface area (Å²) in [4.78, 5) is 14.7. The molecule has 7 heteroatoms. The summed E-state index contributed by atoms with van der Waals surface area (Å²) >= 11 is 0. The van der Waals surface area contributed by atoms with Gasteiger partial charge in [-0.25, -0.2) is 0 Å². The van der Waals surface area contributed by atoms with Crippen molar-refractivity contribution < 1.29 is 18.0 Å². The lowest BCUT2D eigenvalue weighted by Crippen LogP contribution is -2.46. The van der Waals surface area contributed by atoms with Gasteiger partial charge < -0.3 is 10.6 Å². The highest BCUT2D eigenvalue weighted by Gasteiger charge is 2.37. The van der Waals surface area contributed by atoms with E-state index in [9.17, 15) is 18.0 Å². The van der Waals surface area contributed by atoms with E-state index in [-0.39, 0.29) is 24.0 Å². The van der Waals surface area contributed by atoms with E-state index in [1.807, 2.05) is 13.8 Å². The zero-order chi connectivity index (χ0) is 20.2. The van der Waals surface area contributed by atoms with Gasteiger partial charge in [0.1, 0.15) is 0 Å². The molecule has 0 bridgehead atoms. The van der Waals surface area contributed by atoms with Crippen LogP contribution in [-0.2, 0) is 17.5 Å². The maximum absolute atomic E-state index is 12.9. The van der Waals surface area contributed by atoms with Crippen LogP contribution in [0.25, 0.3) is 0 Å². The van der Waals surface area contributed by atoms with Crippen LogP contribution in [0.3, 0.4) is 0 Å². The normalized spacial score (nSPS) is 21.2. The number of rotatable bonds is 7. The fourth-order valence-electron chi connectivity index (χ4n) is 3.50. The summed E-state index contributed by atoms with van der Waals surface area (Å²) in [5, 5.41) is 6.30. The first-order valence-electron chi connectivity index (χ1n) is 9.50. The predicted molar refractivity (Wildman–Crippen MR) is 100 cm³/mol. The summed E-state index contributed by atoms with van der Waals surface area (Å²) in [7, 11) is 0. The van der Waals surface area contributed by atoms with Crippen LogP contribution in [0.2, 0.25) is 0 Å². The molecule has 1 aromatic carbocycles. The Bertz CT molecular complexity index is 631. The molecule has 27 heavy (non-hydrogen) atoms. The molecule has 1 aromatic rings. The number of halogens is 3. The highest BCUT2D eigenvalue weighted by atomic mass is 19.4. The Kier molecular flexibility index (Phi) is 7.28. The van der Waals surface area contributed by atoms with Gasteiger partial charge in [-0.2, -0.15) is 13.2 Å². The van der Waals surface area contributed by atoms with Crippen molar-refractivity contribution in [3.8, 4) is 0 Å². The third-order valence-electron chi connectivity index (χ3n) is 4.59. The van der Waals surface area contributed by atoms with Crippen LogP contribution in [-0.4, -0.2) is 42.0 Å². The lowest BCUT2D eigenvalue weighted by Gasteiger charge is -2.25. The molecule has 1 fully saturated rings. The zero-order valence-corrected chi connectivity index (χ0v) is 16.4. The molecule has 4 nitrogen and oxygen atoms in total. The minimum absolute atomic E-state index is 0.0222. The van der Waals surface area contributed by atoms with Gasteiger partial charge in [0.25, 0.3) is 0 Å². The summed E-state index contributed by atoms with van der Waals surface area (Å²) in [5.74, 6) is 0.454. The summed E-state index contributed by atoms with van der Waals surface area (Å²) < 4.78 is 38.6. The van der Waals surface area contributed by atoms with Gasteiger partial charge in [-0.15, -0.1) is 0 Å². The molecular weight excluding hydrogens is 355 g/mol. The Labute approximate surface area is 159 Å². The number of hydrogen-bond donors (Lipinski definition) is 2. The molecule has 1 amide bonds. The molecule has 0 saturated carbocycles. The molecule has 0 unspecified atom stereocenters. The first kappa shape index (κ1) is 21.7. The molecule has 1 saturated heterocycles. The van der Waals surface area contributed by atoms with Crippen molar-refractivity contribution in [2.45, 2.75) is 65.0 Å². The van der Waals surface area contributed by atoms with E-state index in [4.69, 9.17) is 0 Å². The van der Waals surface area contributed by atoms with Crippen molar-refractivity contribution >= 4 is 5.91 Å². The highest BCUT2D eigenvalue weighted by molar-refractivity contribution is 5.82. The third-order valence-corrected chi connectivity index (χ3v) is 4.59. The summed E-state index contributed by atoms with van der Waals surface area (Å²) in [6.07, 6.45) is -3.68. The number of nitrogens with zero attached hydrogens (tertiary/aromatic N) is 1. The maximum Gasteiger partial charge on any atom is 0.416 e. The quantitative estimate of drug-likeness (QED) is 0.756. The van der Waals surface area contributed by atoms with Crippen molar-refractivity contribution in [3.63, 3.8) is 0 Å². The molecule has 0 radical (unpaired) electrons. The van der Waals surface area contributed by atoms with Crippen LogP contribution in [0.4, 0.5) is 13.2 Å². The average molecular weight is 385 g/mol. The molecule has 1 aliphatic heterocycles. The Hall–Kier alpha value is -1.60. The Balaban J connectivity index is 1.99. The van der Waals surface area contributed by atoms with E-state index in [2.05, 4.69) is 29.4 Å². The van der Waals surface area contributed by atoms with E-state index in [0.717, 1.165) is 12.6 Å². The second-order valence-corrected chi connectivity index (χ2v) is 8.04. The molecule has 0 spiro atoms. The van der Waals surface area contributed by atoms with Crippen molar-refractivity contribution in [1.29, 1.82) is 0 Å². The van der Waals surface area contributed by atoms with Crippen LogP contribution in [0, 0.1) is 5.92 Å². The van der Waals surface area contributed by atoms with Crippen LogP contribution in [0.15, 0.2) is 24.3 Å². The topological polar surface area (TPSA) is 44.4 Å². The van der Waals surface area contributed by atoms with Gasteiger partial charge >= 0.3 is 6.18 Å². The van der Waals surface area contributed by atoms with Crippen molar-refractivity contribution in [2.75, 3.05) is 13.1 Å². The highest BCUT2D eigenvalue weighted by Crippen LogP contribution is 2.29. The molecule has 1 aliphatic rings. The molecule has 0 aromatic heterocycles. The number of carbonyl (C=O) groups excluding carboxylic acids is 1. The number of amides is 1. The predicted octanol–water partition coefficient (Wildman–Crippen LogP) is 3.42. The summed E-state index contributed by atoms with van der Waals surface area (Å²) in [6, 6.07) is 5.32. The minimum Gasteiger partial charge on any atom is -0.353 e. The van der Waals surface area contributed by atoms with Crippen molar-refractivity contribution in [3.05, 3.63) is 35.4 Å². The molecule has 152 valence electrons. The van der Waals surface area contributed by atoms with Gasteiger partial charge in [0.2, 0.25) is 5.91 Å². The minimum atomic E-state index is -4.34. The van der Waals surface area contributed by atoms with E-state index < -0.39 is 11.7 Å². The summed E-state index contributed by atoms with van der Waals surface area (Å²) in [5.41, 5.74) is -0.0424. The van der Waals surface area contributed by atoms with Gasteiger partial charge in [-0.3, -0.25) is 9.69 Å². The van der Waals surface area contributed by atoms with Crippen molar-refractivity contribution in [2.24, 2.45) is 5.92 Å². The second kappa shape index (κ2) is 9.06. The van der Waals surface area contributed by atoms with E-state index in [1.54, 1.807) is 6.07 Å². The molecular formula is C20H30F3N3O. The number of hydrogen-bond acceptors (Lipinski definition) is 3. The Morgan fingerprint density at radius 1 is 1.26 bits per heavy atom. The average Bonchev–Trinajstić information content (AvgIpc) is 2.94. The van der Waals surface area contributed by atoms with Gasteiger partial charge in [-0.1, -0.05) is 32.0 Å². The fourth-order valence-corrected chi connectivity index (χ4v) is 3.50. The number of likely N-dealkylation sites (tertiary alicyclic amines) is 1. The maximum atomic E-state index is 12.9. The first-order chi connectivity index (χ1) is 12.6. The van der Waals surface area contributed by atoms with Gasteiger partial charge in [0.15, 0.2) is 0 Å². The number of benzene rings is 1. The lowest BCUT2D eigenvalue weighted by molar-refractivity contribution is -0.137.